The lowest BCUT2D eigenvalue weighted by Crippen LogP contribution is -2.24. The number of hydrogen-bond acceptors (Lipinski definition) is 2. The Morgan fingerprint density at radius 1 is 1.33 bits per heavy atom. The second-order valence-electron chi connectivity index (χ2n) is 2.91. The van der Waals surface area contributed by atoms with Gasteiger partial charge in [-0.25, -0.2) is 4.89 Å². The van der Waals surface area contributed by atoms with Crippen molar-refractivity contribution in [1.29, 1.82) is 0 Å². The molecule has 1 saturated carbocycles. The van der Waals surface area contributed by atoms with Crippen LogP contribution in [0.15, 0.2) is 0 Å². The highest BCUT2D eigenvalue weighted by Gasteiger charge is 2.21. The van der Waals surface area contributed by atoms with Crippen LogP contribution in [0.1, 0.15) is 32.6 Å². The van der Waals surface area contributed by atoms with Crippen LogP contribution in [0.2, 0.25) is 0 Å². The van der Waals surface area contributed by atoms with Gasteiger partial charge >= 0.3 is 0 Å². The van der Waals surface area contributed by atoms with Crippen molar-refractivity contribution in [2.45, 2.75) is 38.7 Å². The lowest BCUT2D eigenvalue weighted by Gasteiger charge is -2.25. The van der Waals surface area contributed by atoms with Gasteiger partial charge in [0.1, 0.15) is 0 Å². The van der Waals surface area contributed by atoms with Gasteiger partial charge in [-0.2, -0.15) is 0 Å². The lowest BCUT2D eigenvalue weighted by atomic mass is 9.88. The number of rotatable bonds is 1. The van der Waals surface area contributed by atoms with Gasteiger partial charge in [0.15, 0.2) is 0 Å². The van der Waals surface area contributed by atoms with Crippen molar-refractivity contribution < 1.29 is 10.1 Å². The Morgan fingerprint density at radius 3 is 2.44 bits per heavy atom. The van der Waals surface area contributed by atoms with Crippen molar-refractivity contribution >= 4 is 0 Å². The Morgan fingerprint density at radius 2 is 2.00 bits per heavy atom. The van der Waals surface area contributed by atoms with E-state index < -0.39 is 0 Å². The summed E-state index contributed by atoms with van der Waals surface area (Å²) in [6, 6.07) is 0. The minimum atomic E-state index is 0.110. The second kappa shape index (κ2) is 3.18. The highest BCUT2D eigenvalue weighted by molar-refractivity contribution is 4.70. The van der Waals surface area contributed by atoms with Crippen molar-refractivity contribution in [2.24, 2.45) is 5.92 Å². The molecular formula is C7H14O2. The summed E-state index contributed by atoms with van der Waals surface area (Å²) in [5.41, 5.74) is 0. The molecule has 54 valence electrons. The monoisotopic (exact) mass is 130 g/mol. The maximum absolute atomic E-state index is 8.36. The van der Waals surface area contributed by atoms with Crippen molar-refractivity contribution in [3.8, 4) is 0 Å². The van der Waals surface area contributed by atoms with Crippen LogP contribution in [0.3, 0.4) is 0 Å². The summed E-state index contributed by atoms with van der Waals surface area (Å²) in [7, 11) is 0. The molecule has 1 N–H and O–H groups in total. The first-order chi connectivity index (χ1) is 4.34. The summed E-state index contributed by atoms with van der Waals surface area (Å²) >= 11 is 0. The molecule has 1 aliphatic carbocycles. The van der Waals surface area contributed by atoms with E-state index in [4.69, 9.17) is 5.26 Å². The maximum atomic E-state index is 8.36. The second-order valence-corrected chi connectivity index (χ2v) is 2.91. The van der Waals surface area contributed by atoms with Crippen molar-refractivity contribution in [3.05, 3.63) is 0 Å². The van der Waals surface area contributed by atoms with E-state index in [1.165, 1.54) is 19.3 Å². The fraction of sp³-hybridized carbons (Fsp3) is 1.00. The Bertz CT molecular complexity index is 83.0. The summed E-state index contributed by atoms with van der Waals surface area (Å²) in [6.45, 7) is 2.13. The van der Waals surface area contributed by atoms with E-state index in [9.17, 15) is 0 Å². The van der Waals surface area contributed by atoms with Crippen LogP contribution in [-0.4, -0.2) is 11.4 Å². The topological polar surface area (TPSA) is 29.5 Å². The Hall–Kier alpha value is -0.0800. The molecular weight excluding hydrogens is 116 g/mol. The standard InChI is InChI=1S/C7H14O2/c1-6-4-2-3-5-7(6)9-8/h6-8H,2-5H2,1H3/t6-,7+/m0/s1. The highest BCUT2D eigenvalue weighted by Crippen LogP contribution is 2.25. The van der Waals surface area contributed by atoms with Crippen molar-refractivity contribution in [1.82, 2.24) is 0 Å². The van der Waals surface area contributed by atoms with Gasteiger partial charge in [-0.1, -0.05) is 19.8 Å². The van der Waals surface area contributed by atoms with Crippen LogP contribution in [0.5, 0.6) is 0 Å². The fourth-order valence-electron chi connectivity index (χ4n) is 1.44. The maximum Gasteiger partial charge on any atom is 0.0952 e. The third-order valence-electron chi connectivity index (χ3n) is 2.17. The van der Waals surface area contributed by atoms with E-state index in [-0.39, 0.29) is 6.10 Å². The minimum Gasteiger partial charge on any atom is -0.252 e. The summed E-state index contributed by atoms with van der Waals surface area (Å²) in [4.78, 5) is 4.30. The smallest absolute Gasteiger partial charge is 0.0952 e. The molecule has 0 bridgehead atoms. The minimum absolute atomic E-state index is 0.110. The molecule has 2 nitrogen and oxygen atoms in total. The quantitative estimate of drug-likeness (QED) is 0.435. The third-order valence-corrected chi connectivity index (χ3v) is 2.17. The zero-order chi connectivity index (χ0) is 6.69. The van der Waals surface area contributed by atoms with Gasteiger partial charge in [0.25, 0.3) is 0 Å². The average molecular weight is 130 g/mol. The van der Waals surface area contributed by atoms with Crippen LogP contribution in [0.4, 0.5) is 0 Å². The van der Waals surface area contributed by atoms with E-state index in [1.54, 1.807) is 0 Å². The highest BCUT2D eigenvalue weighted by atomic mass is 17.1. The zero-order valence-corrected chi connectivity index (χ0v) is 5.84. The van der Waals surface area contributed by atoms with Gasteiger partial charge in [0.2, 0.25) is 0 Å². The van der Waals surface area contributed by atoms with E-state index >= 15 is 0 Å². The van der Waals surface area contributed by atoms with Gasteiger partial charge in [0, 0.05) is 0 Å². The third kappa shape index (κ3) is 1.66. The molecule has 0 aliphatic heterocycles. The molecule has 0 saturated heterocycles. The molecule has 0 radical (unpaired) electrons. The first-order valence-corrected chi connectivity index (χ1v) is 3.65. The van der Waals surface area contributed by atoms with Crippen molar-refractivity contribution in [3.63, 3.8) is 0 Å². The summed E-state index contributed by atoms with van der Waals surface area (Å²) in [5, 5.41) is 8.36. The van der Waals surface area contributed by atoms with Gasteiger partial charge in [-0.05, 0) is 18.8 Å². The molecule has 2 atom stereocenters. The molecule has 0 amide bonds. The van der Waals surface area contributed by atoms with Crippen LogP contribution in [0, 0.1) is 5.92 Å². The molecule has 1 aliphatic rings. The summed E-state index contributed by atoms with van der Waals surface area (Å²) in [6.07, 6.45) is 4.83. The largest absolute Gasteiger partial charge is 0.252 e. The summed E-state index contributed by atoms with van der Waals surface area (Å²) < 4.78 is 0. The van der Waals surface area contributed by atoms with E-state index in [0.717, 1.165) is 6.42 Å². The van der Waals surface area contributed by atoms with Crippen LogP contribution in [0.25, 0.3) is 0 Å². The molecule has 0 aromatic rings. The Kier molecular flexibility index (Phi) is 2.49. The van der Waals surface area contributed by atoms with E-state index in [2.05, 4.69) is 11.8 Å². The SMILES string of the molecule is C[C@H]1CCCC[C@H]1OO. The first kappa shape index (κ1) is 7.03. The van der Waals surface area contributed by atoms with Gasteiger partial charge < -0.3 is 0 Å². The van der Waals surface area contributed by atoms with Crippen LogP contribution >= 0.6 is 0 Å². The van der Waals surface area contributed by atoms with Gasteiger partial charge in [-0.15, -0.1) is 0 Å². The van der Waals surface area contributed by atoms with Gasteiger partial charge in [-0.3, -0.25) is 5.26 Å². The van der Waals surface area contributed by atoms with Crippen LogP contribution in [-0.2, 0) is 4.89 Å². The Labute approximate surface area is 55.8 Å². The van der Waals surface area contributed by atoms with E-state index in [1.807, 2.05) is 0 Å². The van der Waals surface area contributed by atoms with Crippen molar-refractivity contribution in [2.75, 3.05) is 0 Å². The molecule has 1 rings (SSSR count). The molecule has 1 fully saturated rings. The first-order valence-electron chi connectivity index (χ1n) is 3.65. The zero-order valence-electron chi connectivity index (χ0n) is 5.84. The predicted molar refractivity (Wildman–Crippen MR) is 35.1 cm³/mol. The van der Waals surface area contributed by atoms with Gasteiger partial charge in [0.05, 0.1) is 6.10 Å². The predicted octanol–water partition coefficient (Wildman–Crippen LogP) is 2.05. The lowest BCUT2D eigenvalue weighted by molar-refractivity contribution is -0.293. The molecule has 0 aromatic carbocycles. The van der Waals surface area contributed by atoms with Crippen LogP contribution < -0.4 is 0 Å². The molecule has 2 heteroatoms. The molecule has 0 heterocycles. The normalized spacial score (nSPS) is 36.7. The Balaban J connectivity index is 2.30. The number of hydrogen-bond donors (Lipinski definition) is 1. The molecule has 0 aromatic heterocycles. The molecule has 0 unspecified atom stereocenters. The average Bonchev–Trinajstić information content (AvgIpc) is 1.89. The fourth-order valence-corrected chi connectivity index (χ4v) is 1.44. The van der Waals surface area contributed by atoms with E-state index in [0.29, 0.717) is 5.92 Å². The molecule has 0 spiro atoms. The summed E-state index contributed by atoms with van der Waals surface area (Å²) in [5.74, 6) is 0.545. The molecule has 9 heavy (non-hydrogen) atoms.